The van der Waals surface area contributed by atoms with Gasteiger partial charge in [-0.15, -0.1) is 10.2 Å². The standard InChI is InChI=1S/C11H14N6O/c1-2-5-13-10(18)8-17-15-11(14-16-17)9-4-3-6-12-7-9/h3-4,6-7H,2,5,8H2,1H3,(H,13,18). The Morgan fingerprint density at radius 3 is 3.11 bits per heavy atom. The lowest BCUT2D eigenvalue weighted by atomic mass is 10.3. The summed E-state index contributed by atoms with van der Waals surface area (Å²) >= 11 is 0. The van der Waals surface area contributed by atoms with Crippen molar-refractivity contribution in [3.63, 3.8) is 0 Å². The number of carbonyl (C=O) groups is 1. The highest BCUT2D eigenvalue weighted by Gasteiger charge is 2.08. The van der Waals surface area contributed by atoms with Gasteiger partial charge in [0.15, 0.2) is 0 Å². The highest BCUT2D eigenvalue weighted by Crippen LogP contribution is 2.09. The normalized spacial score (nSPS) is 10.3. The van der Waals surface area contributed by atoms with Gasteiger partial charge in [-0.2, -0.15) is 4.80 Å². The molecule has 0 aliphatic heterocycles. The van der Waals surface area contributed by atoms with Crippen LogP contribution in [-0.4, -0.2) is 37.6 Å². The van der Waals surface area contributed by atoms with Crippen LogP contribution in [0.5, 0.6) is 0 Å². The Bertz CT molecular complexity index is 509. The molecule has 0 aromatic carbocycles. The lowest BCUT2D eigenvalue weighted by Gasteiger charge is -2.01. The number of amides is 1. The van der Waals surface area contributed by atoms with Crippen molar-refractivity contribution in [2.75, 3.05) is 6.54 Å². The van der Waals surface area contributed by atoms with E-state index >= 15 is 0 Å². The largest absolute Gasteiger partial charge is 0.354 e. The molecule has 1 N–H and O–H groups in total. The molecule has 94 valence electrons. The Balaban J connectivity index is 2.00. The molecule has 0 spiro atoms. The van der Waals surface area contributed by atoms with E-state index < -0.39 is 0 Å². The van der Waals surface area contributed by atoms with E-state index in [4.69, 9.17) is 0 Å². The van der Waals surface area contributed by atoms with Crippen molar-refractivity contribution >= 4 is 5.91 Å². The SMILES string of the molecule is CCCNC(=O)Cn1nnc(-c2cccnc2)n1. The second-order valence-corrected chi connectivity index (χ2v) is 3.74. The molecular formula is C11H14N6O. The van der Waals surface area contributed by atoms with Gasteiger partial charge in [-0.1, -0.05) is 6.92 Å². The maximum Gasteiger partial charge on any atom is 0.243 e. The van der Waals surface area contributed by atoms with Crippen molar-refractivity contribution in [3.8, 4) is 11.4 Å². The molecule has 0 saturated heterocycles. The van der Waals surface area contributed by atoms with Gasteiger partial charge in [-0.25, -0.2) is 0 Å². The van der Waals surface area contributed by atoms with Crippen molar-refractivity contribution in [2.24, 2.45) is 0 Å². The average Bonchev–Trinajstić information content (AvgIpc) is 2.86. The number of tetrazole rings is 1. The van der Waals surface area contributed by atoms with Gasteiger partial charge < -0.3 is 5.32 Å². The monoisotopic (exact) mass is 246 g/mol. The van der Waals surface area contributed by atoms with Crippen LogP contribution in [0.2, 0.25) is 0 Å². The Labute approximate surface area is 104 Å². The highest BCUT2D eigenvalue weighted by atomic mass is 16.2. The third-order valence-corrected chi connectivity index (χ3v) is 2.23. The van der Waals surface area contributed by atoms with Crippen LogP contribution in [0, 0.1) is 0 Å². The molecule has 7 nitrogen and oxygen atoms in total. The molecule has 7 heteroatoms. The zero-order chi connectivity index (χ0) is 12.8. The Kier molecular flexibility index (Phi) is 3.95. The number of nitrogens with one attached hydrogen (secondary N) is 1. The lowest BCUT2D eigenvalue weighted by molar-refractivity contribution is -0.122. The van der Waals surface area contributed by atoms with Crippen molar-refractivity contribution < 1.29 is 4.79 Å². The van der Waals surface area contributed by atoms with Gasteiger partial charge in [0.25, 0.3) is 0 Å². The van der Waals surface area contributed by atoms with Gasteiger partial charge in [0.1, 0.15) is 6.54 Å². The van der Waals surface area contributed by atoms with Crippen LogP contribution >= 0.6 is 0 Å². The number of nitrogens with zero attached hydrogens (tertiary/aromatic N) is 5. The molecule has 2 aromatic heterocycles. The number of pyridine rings is 1. The van der Waals surface area contributed by atoms with Gasteiger partial charge in [-0.3, -0.25) is 9.78 Å². The molecule has 0 saturated carbocycles. The van der Waals surface area contributed by atoms with Crippen LogP contribution in [0.1, 0.15) is 13.3 Å². The first kappa shape index (κ1) is 12.2. The second-order valence-electron chi connectivity index (χ2n) is 3.74. The zero-order valence-corrected chi connectivity index (χ0v) is 10.1. The van der Waals surface area contributed by atoms with Crippen molar-refractivity contribution in [1.29, 1.82) is 0 Å². The number of rotatable bonds is 5. The molecule has 0 atom stereocenters. The van der Waals surface area contributed by atoms with Crippen molar-refractivity contribution in [2.45, 2.75) is 19.9 Å². The first-order valence-corrected chi connectivity index (χ1v) is 5.74. The average molecular weight is 246 g/mol. The number of carbonyl (C=O) groups excluding carboxylic acids is 1. The summed E-state index contributed by atoms with van der Waals surface area (Å²) in [5.74, 6) is 0.346. The minimum Gasteiger partial charge on any atom is -0.354 e. The van der Waals surface area contributed by atoms with Crippen LogP contribution in [0.25, 0.3) is 11.4 Å². The van der Waals surface area contributed by atoms with Crippen LogP contribution < -0.4 is 5.32 Å². The topological polar surface area (TPSA) is 85.6 Å². The molecule has 0 radical (unpaired) electrons. The molecule has 18 heavy (non-hydrogen) atoms. The van der Waals surface area contributed by atoms with E-state index in [1.807, 2.05) is 13.0 Å². The summed E-state index contributed by atoms with van der Waals surface area (Å²) in [7, 11) is 0. The second kappa shape index (κ2) is 5.85. The Morgan fingerprint density at radius 1 is 1.50 bits per heavy atom. The first-order valence-electron chi connectivity index (χ1n) is 5.74. The minimum atomic E-state index is -0.119. The summed E-state index contributed by atoms with van der Waals surface area (Å²) in [6.45, 7) is 2.73. The summed E-state index contributed by atoms with van der Waals surface area (Å²) < 4.78 is 0. The molecule has 0 aliphatic carbocycles. The smallest absolute Gasteiger partial charge is 0.243 e. The van der Waals surface area contributed by atoms with Gasteiger partial charge >= 0.3 is 0 Å². The highest BCUT2D eigenvalue weighted by molar-refractivity contribution is 5.75. The molecule has 2 rings (SSSR count). The van der Waals surface area contributed by atoms with E-state index in [2.05, 4.69) is 25.7 Å². The summed E-state index contributed by atoms with van der Waals surface area (Å²) in [5, 5.41) is 14.6. The minimum absolute atomic E-state index is 0.0766. The summed E-state index contributed by atoms with van der Waals surface area (Å²) in [6.07, 6.45) is 4.22. The van der Waals surface area contributed by atoms with Crippen LogP contribution in [0.4, 0.5) is 0 Å². The third-order valence-electron chi connectivity index (χ3n) is 2.23. The molecule has 0 fully saturated rings. The van der Waals surface area contributed by atoms with Gasteiger partial charge in [0.05, 0.1) is 0 Å². The predicted molar refractivity (Wildman–Crippen MR) is 64.3 cm³/mol. The molecule has 1 amide bonds. The van der Waals surface area contributed by atoms with E-state index in [0.717, 1.165) is 12.0 Å². The fraction of sp³-hybridized carbons (Fsp3) is 0.364. The molecule has 0 unspecified atom stereocenters. The molecule has 0 aliphatic rings. The quantitative estimate of drug-likeness (QED) is 0.818. The maximum absolute atomic E-state index is 11.5. The van der Waals surface area contributed by atoms with Crippen molar-refractivity contribution in [3.05, 3.63) is 24.5 Å². The summed E-state index contributed by atoms with van der Waals surface area (Å²) in [5.41, 5.74) is 0.776. The summed E-state index contributed by atoms with van der Waals surface area (Å²) in [6, 6.07) is 3.63. The molecule has 0 bridgehead atoms. The maximum atomic E-state index is 11.5. The number of hydrogen-bond acceptors (Lipinski definition) is 5. The van der Waals surface area contributed by atoms with E-state index in [1.54, 1.807) is 18.5 Å². The van der Waals surface area contributed by atoms with Crippen molar-refractivity contribution in [1.82, 2.24) is 30.5 Å². The van der Waals surface area contributed by atoms with E-state index in [1.165, 1.54) is 4.80 Å². The van der Waals surface area contributed by atoms with Crippen LogP contribution in [0.3, 0.4) is 0 Å². The molecule has 2 heterocycles. The fourth-order valence-electron chi connectivity index (χ4n) is 1.37. The first-order chi connectivity index (χ1) is 8.79. The number of hydrogen-bond donors (Lipinski definition) is 1. The van der Waals surface area contributed by atoms with Gasteiger partial charge in [0.2, 0.25) is 11.7 Å². The fourth-order valence-corrected chi connectivity index (χ4v) is 1.37. The van der Waals surface area contributed by atoms with E-state index in [-0.39, 0.29) is 12.5 Å². The van der Waals surface area contributed by atoms with Gasteiger partial charge in [-0.05, 0) is 23.8 Å². The molecular weight excluding hydrogens is 232 g/mol. The Morgan fingerprint density at radius 2 is 2.39 bits per heavy atom. The Hall–Kier alpha value is -2.31. The number of aromatic nitrogens is 5. The van der Waals surface area contributed by atoms with Crippen LogP contribution in [0.15, 0.2) is 24.5 Å². The summed E-state index contributed by atoms with van der Waals surface area (Å²) in [4.78, 5) is 16.7. The zero-order valence-electron chi connectivity index (χ0n) is 10.1. The third kappa shape index (κ3) is 3.09. The molecule has 2 aromatic rings. The van der Waals surface area contributed by atoms with Crippen LogP contribution in [-0.2, 0) is 11.3 Å². The van der Waals surface area contributed by atoms with Gasteiger partial charge in [0, 0.05) is 24.5 Å². The van der Waals surface area contributed by atoms with E-state index in [0.29, 0.717) is 12.4 Å². The lowest BCUT2D eigenvalue weighted by Crippen LogP contribution is -2.29. The predicted octanol–water partition coefficient (Wildman–Crippen LogP) is 0.261. The van der Waals surface area contributed by atoms with E-state index in [9.17, 15) is 4.79 Å².